The number of rotatable bonds is 6. The van der Waals surface area contributed by atoms with Gasteiger partial charge in [0.15, 0.2) is 0 Å². The summed E-state index contributed by atoms with van der Waals surface area (Å²) in [5, 5.41) is 0. The van der Waals surface area contributed by atoms with Crippen LogP contribution in [0.5, 0.6) is 0 Å². The molecule has 0 aliphatic heterocycles. The fourth-order valence-corrected chi connectivity index (χ4v) is 1.11. The maximum absolute atomic E-state index is 11.4. The number of hydrogen-bond donors (Lipinski definition) is 0. The molecule has 0 N–H and O–H groups in total. The molecule has 0 bridgehead atoms. The molecule has 0 atom stereocenters. The molecule has 1 amide bonds. The van der Waals surface area contributed by atoms with E-state index in [2.05, 4.69) is 0 Å². The van der Waals surface area contributed by atoms with Crippen LogP contribution < -0.4 is 0 Å². The number of ketones is 2. The molecule has 0 aromatic rings. The van der Waals surface area contributed by atoms with E-state index in [-0.39, 0.29) is 6.42 Å². The summed E-state index contributed by atoms with van der Waals surface area (Å²) in [5.41, 5.74) is 0. The lowest BCUT2D eigenvalue weighted by Gasteiger charge is -2.16. The van der Waals surface area contributed by atoms with Gasteiger partial charge in [0, 0.05) is 19.5 Å². The van der Waals surface area contributed by atoms with Crippen LogP contribution in [0.2, 0.25) is 0 Å². The second-order valence-corrected chi connectivity index (χ2v) is 2.98. The molecule has 0 heterocycles. The van der Waals surface area contributed by atoms with Crippen molar-refractivity contribution in [3.63, 3.8) is 0 Å². The van der Waals surface area contributed by atoms with E-state index in [9.17, 15) is 14.4 Å². The lowest BCUT2D eigenvalue weighted by atomic mass is 10.1. The summed E-state index contributed by atoms with van der Waals surface area (Å²) < 4.78 is 0. The zero-order valence-electron chi connectivity index (χ0n) is 9.00. The van der Waals surface area contributed by atoms with Crippen LogP contribution in [0, 0.1) is 0 Å². The van der Waals surface area contributed by atoms with E-state index < -0.39 is 17.5 Å². The lowest BCUT2D eigenvalue weighted by Crippen LogP contribution is -2.39. The van der Waals surface area contributed by atoms with Gasteiger partial charge in [-0.05, 0) is 20.3 Å². The molecule has 4 heteroatoms. The highest BCUT2D eigenvalue weighted by molar-refractivity contribution is 6.63. The van der Waals surface area contributed by atoms with Crippen molar-refractivity contribution >= 4 is 17.5 Å². The summed E-state index contributed by atoms with van der Waals surface area (Å²) in [6.45, 7) is 6.27. The van der Waals surface area contributed by atoms with Crippen molar-refractivity contribution in [3.05, 3.63) is 0 Å². The number of amides is 1. The largest absolute Gasteiger partial charge is 0.336 e. The average molecular weight is 199 g/mol. The average Bonchev–Trinajstić information content (AvgIpc) is 2.18. The number of likely N-dealkylation sites (N-methyl/N-ethyl adjacent to an activating group) is 1. The maximum Gasteiger partial charge on any atom is 0.298 e. The zero-order valence-corrected chi connectivity index (χ0v) is 9.00. The minimum Gasteiger partial charge on any atom is -0.336 e. The predicted molar refractivity (Wildman–Crippen MR) is 52.9 cm³/mol. The van der Waals surface area contributed by atoms with Gasteiger partial charge in [-0.15, -0.1) is 0 Å². The highest BCUT2D eigenvalue weighted by atomic mass is 16.2. The summed E-state index contributed by atoms with van der Waals surface area (Å²) in [5.74, 6) is -2.13. The smallest absolute Gasteiger partial charge is 0.298 e. The molecule has 0 spiro atoms. The molecule has 0 rings (SSSR count). The molecule has 0 radical (unpaired) electrons. The van der Waals surface area contributed by atoms with Crippen LogP contribution in [0.1, 0.15) is 33.6 Å². The van der Waals surface area contributed by atoms with E-state index in [1.807, 2.05) is 0 Å². The Hall–Kier alpha value is -1.19. The summed E-state index contributed by atoms with van der Waals surface area (Å²) >= 11 is 0. The summed E-state index contributed by atoms with van der Waals surface area (Å²) in [4.78, 5) is 35.1. The molecule has 0 saturated carbocycles. The van der Waals surface area contributed by atoms with Crippen LogP contribution >= 0.6 is 0 Å². The highest BCUT2D eigenvalue weighted by Gasteiger charge is 2.25. The monoisotopic (exact) mass is 199 g/mol. The Kier molecular flexibility index (Phi) is 5.76. The van der Waals surface area contributed by atoms with Crippen molar-refractivity contribution in [2.45, 2.75) is 33.6 Å². The molecule has 14 heavy (non-hydrogen) atoms. The number of hydrogen-bond acceptors (Lipinski definition) is 3. The Morgan fingerprint density at radius 3 is 1.86 bits per heavy atom. The van der Waals surface area contributed by atoms with Crippen molar-refractivity contribution in [3.8, 4) is 0 Å². The van der Waals surface area contributed by atoms with Gasteiger partial charge >= 0.3 is 0 Å². The molecule has 0 fully saturated rings. The van der Waals surface area contributed by atoms with E-state index in [4.69, 9.17) is 0 Å². The van der Waals surface area contributed by atoms with Gasteiger partial charge in [0.1, 0.15) is 0 Å². The molecule has 4 nitrogen and oxygen atoms in total. The Morgan fingerprint density at radius 1 is 1.00 bits per heavy atom. The van der Waals surface area contributed by atoms with E-state index in [0.29, 0.717) is 19.5 Å². The van der Waals surface area contributed by atoms with Crippen LogP contribution in [-0.4, -0.2) is 35.5 Å². The van der Waals surface area contributed by atoms with Crippen LogP contribution in [0.3, 0.4) is 0 Å². The molecule has 0 aromatic carbocycles. The third-order valence-electron chi connectivity index (χ3n) is 1.98. The molecule has 0 saturated heterocycles. The molecule has 0 aliphatic carbocycles. The zero-order chi connectivity index (χ0) is 11.1. The minimum atomic E-state index is -0.879. The summed E-state index contributed by atoms with van der Waals surface area (Å²) in [6.07, 6.45) is 0.752. The first-order valence-corrected chi connectivity index (χ1v) is 4.94. The van der Waals surface area contributed by atoms with Gasteiger partial charge < -0.3 is 4.90 Å². The van der Waals surface area contributed by atoms with Gasteiger partial charge in [-0.2, -0.15) is 0 Å². The minimum absolute atomic E-state index is 0.159. The van der Waals surface area contributed by atoms with Gasteiger partial charge in [-0.3, -0.25) is 14.4 Å². The summed E-state index contributed by atoms with van der Waals surface area (Å²) in [7, 11) is 0. The maximum atomic E-state index is 11.4. The van der Waals surface area contributed by atoms with Crippen LogP contribution in [0.15, 0.2) is 0 Å². The number of Topliss-reactive ketones (excluding diaryl/α,β-unsaturated/α-hetero) is 2. The SMILES string of the molecule is CCCC(=O)C(=O)C(=O)N(CC)CC. The fourth-order valence-electron chi connectivity index (χ4n) is 1.11. The number of nitrogens with zero attached hydrogens (tertiary/aromatic N) is 1. The highest BCUT2D eigenvalue weighted by Crippen LogP contribution is 1.96. The first-order chi connectivity index (χ1) is 6.58. The Balaban J connectivity index is 4.37. The van der Waals surface area contributed by atoms with Crippen LogP contribution in [-0.2, 0) is 14.4 Å². The molecular formula is C10H17NO3. The van der Waals surface area contributed by atoms with Crippen LogP contribution in [0.25, 0.3) is 0 Å². The first kappa shape index (κ1) is 12.8. The van der Waals surface area contributed by atoms with Crippen molar-refractivity contribution in [1.82, 2.24) is 4.90 Å². The van der Waals surface area contributed by atoms with Crippen molar-refractivity contribution < 1.29 is 14.4 Å². The van der Waals surface area contributed by atoms with E-state index >= 15 is 0 Å². The van der Waals surface area contributed by atoms with E-state index in [1.54, 1.807) is 20.8 Å². The Labute approximate surface area is 84.3 Å². The molecular weight excluding hydrogens is 182 g/mol. The van der Waals surface area contributed by atoms with Crippen molar-refractivity contribution in [2.75, 3.05) is 13.1 Å². The lowest BCUT2D eigenvalue weighted by molar-refractivity contribution is -0.149. The number of carbonyl (C=O) groups is 3. The quantitative estimate of drug-likeness (QED) is 0.469. The fraction of sp³-hybridized carbons (Fsp3) is 0.700. The number of carbonyl (C=O) groups excluding carboxylic acids is 3. The normalized spacial score (nSPS) is 9.64. The van der Waals surface area contributed by atoms with Gasteiger partial charge in [0.05, 0.1) is 0 Å². The summed E-state index contributed by atoms with van der Waals surface area (Å²) in [6, 6.07) is 0. The van der Waals surface area contributed by atoms with Gasteiger partial charge in [-0.25, -0.2) is 0 Å². The second-order valence-electron chi connectivity index (χ2n) is 2.98. The first-order valence-electron chi connectivity index (χ1n) is 4.94. The standard InChI is InChI=1S/C10H17NO3/c1-4-7-8(12)9(13)10(14)11(5-2)6-3/h4-7H2,1-3H3. The van der Waals surface area contributed by atoms with Gasteiger partial charge in [0.2, 0.25) is 5.78 Å². The predicted octanol–water partition coefficient (Wildman–Crippen LogP) is 0.793. The van der Waals surface area contributed by atoms with E-state index in [0.717, 1.165) is 0 Å². The van der Waals surface area contributed by atoms with Gasteiger partial charge in [0.25, 0.3) is 11.7 Å². The van der Waals surface area contributed by atoms with Crippen molar-refractivity contribution in [1.29, 1.82) is 0 Å². The Morgan fingerprint density at radius 2 is 1.50 bits per heavy atom. The molecule has 0 aromatic heterocycles. The molecule has 0 unspecified atom stereocenters. The Bertz CT molecular complexity index is 232. The third-order valence-corrected chi connectivity index (χ3v) is 1.98. The molecule has 0 aliphatic rings. The van der Waals surface area contributed by atoms with Crippen molar-refractivity contribution in [2.24, 2.45) is 0 Å². The second kappa shape index (κ2) is 6.29. The molecule has 80 valence electrons. The van der Waals surface area contributed by atoms with Gasteiger partial charge in [-0.1, -0.05) is 6.92 Å². The topological polar surface area (TPSA) is 54.5 Å². The third kappa shape index (κ3) is 3.28. The van der Waals surface area contributed by atoms with E-state index in [1.165, 1.54) is 4.90 Å². The van der Waals surface area contributed by atoms with Crippen LogP contribution in [0.4, 0.5) is 0 Å².